The molecular formula is C30H11BrCl2O2. The van der Waals surface area contributed by atoms with Crippen molar-refractivity contribution in [1.29, 1.82) is 0 Å². The summed E-state index contributed by atoms with van der Waals surface area (Å²) in [5.41, 5.74) is -0.0920. The van der Waals surface area contributed by atoms with Crippen molar-refractivity contribution >= 4 is 115 Å². The van der Waals surface area contributed by atoms with Crippen molar-refractivity contribution in [3.63, 3.8) is 0 Å². The van der Waals surface area contributed by atoms with E-state index >= 15 is 0 Å². The van der Waals surface area contributed by atoms with E-state index in [4.69, 9.17) is 23.2 Å². The van der Waals surface area contributed by atoms with Crippen LogP contribution in [0.5, 0.6) is 0 Å². The molecule has 0 fully saturated rings. The molecule has 8 aromatic rings. The smallest absolute Gasteiger partial charge is 0.195 e. The SMILES string of the molecule is O=c1c2cccc(Cl)c2c2cc3ccc4c(=O)c5c(Br)ccc(Cl)c5c5cc6ccc1c2c6c3c45. The molecule has 0 amide bonds. The Labute approximate surface area is 215 Å². The third-order valence-electron chi connectivity index (χ3n) is 7.48. The van der Waals surface area contributed by atoms with Crippen molar-refractivity contribution in [2.45, 2.75) is 0 Å². The number of hydrogen-bond donors (Lipinski definition) is 0. The Morgan fingerprint density at radius 2 is 1.06 bits per heavy atom. The van der Waals surface area contributed by atoms with Crippen molar-refractivity contribution in [2.24, 2.45) is 0 Å². The molecule has 0 radical (unpaired) electrons. The fourth-order valence-corrected chi connectivity index (χ4v) is 7.15. The third-order valence-corrected chi connectivity index (χ3v) is 8.77. The second-order valence-electron chi connectivity index (χ2n) is 9.12. The summed E-state index contributed by atoms with van der Waals surface area (Å²) in [6.07, 6.45) is 0. The first-order valence-corrected chi connectivity index (χ1v) is 12.7. The van der Waals surface area contributed by atoms with Gasteiger partial charge in [-0.3, -0.25) is 9.59 Å². The summed E-state index contributed by atoms with van der Waals surface area (Å²) in [5.74, 6) is 0. The summed E-state index contributed by atoms with van der Waals surface area (Å²) < 4.78 is 0.724. The molecule has 35 heavy (non-hydrogen) atoms. The standard InChI is InChI=1S/C30H11BrCl2O2/c31-19-8-9-21(33)27-18-11-13-4-6-15-25-17(24-14(29(15)34)2-1-3-20(24)32)10-12-5-7-16(30(35)28(19)27)26(18)23(12)22(13)25/h1-11H. The van der Waals surface area contributed by atoms with Crippen LogP contribution in [0, 0.1) is 0 Å². The fraction of sp³-hybridized carbons (Fsp3) is 0. The Hall–Kier alpha value is -3.24. The van der Waals surface area contributed by atoms with Crippen LogP contribution in [-0.4, -0.2) is 0 Å². The average Bonchev–Trinajstić information content (AvgIpc) is 2.86. The number of fused-ring (bicyclic) bond motifs is 4. The molecule has 0 N–H and O–H groups in total. The zero-order chi connectivity index (χ0) is 23.7. The highest BCUT2D eigenvalue weighted by Gasteiger charge is 2.23. The van der Waals surface area contributed by atoms with Crippen LogP contribution in [0.4, 0.5) is 0 Å². The lowest BCUT2D eigenvalue weighted by Gasteiger charge is -2.19. The monoisotopic (exact) mass is 552 g/mol. The fourth-order valence-electron chi connectivity index (χ4n) is 6.11. The molecule has 0 bridgehead atoms. The first-order chi connectivity index (χ1) is 17.0. The first kappa shape index (κ1) is 20.0. The van der Waals surface area contributed by atoms with Gasteiger partial charge < -0.3 is 0 Å². The van der Waals surface area contributed by atoms with Gasteiger partial charge in [0.05, 0.1) is 0 Å². The van der Waals surface area contributed by atoms with Crippen molar-refractivity contribution < 1.29 is 0 Å². The topological polar surface area (TPSA) is 34.1 Å². The maximum absolute atomic E-state index is 13.7. The second-order valence-corrected chi connectivity index (χ2v) is 10.8. The van der Waals surface area contributed by atoms with Crippen molar-refractivity contribution in [1.82, 2.24) is 0 Å². The van der Waals surface area contributed by atoms with E-state index in [1.54, 1.807) is 0 Å². The molecule has 8 aromatic carbocycles. The van der Waals surface area contributed by atoms with Crippen molar-refractivity contribution in [3.8, 4) is 0 Å². The molecule has 0 saturated carbocycles. The molecule has 0 heterocycles. The minimum atomic E-state index is -0.0585. The lowest BCUT2D eigenvalue weighted by atomic mass is 9.84. The molecule has 0 aliphatic carbocycles. The summed E-state index contributed by atoms with van der Waals surface area (Å²) in [7, 11) is 0. The van der Waals surface area contributed by atoms with Crippen LogP contribution in [0.3, 0.4) is 0 Å². The van der Waals surface area contributed by atoms with Crippen LogP contribution in [0.25, 0.3) is 75.4 Å². The van der Waals surface area contributed by atoms with Crippen LogP contribution >= 0.6 is 39.1 Å². The predicted octanol–water partition coefficient (Wildman–Crippen LogP) is 8.86. The van der Waals surface area contributed by atoms with E-state index in [0.29, 0.717) is 31.6 Å². The molecular weight excluding hydrogens is 543 g/mol. The van der Waals surface area contributed by atoms with E-state index in [9.17, 15) is 9.59 Å². The molecule has 0 aliphatic rings. The lowest BCUT2D eigenvalue weighted by molar-refractivity contribution is 1.70. The maximum atomic E-state index is 13.7. The molecule has 5 heteroatoms. The van der Waals surface area contributed by atoms with Crippen LogP contribution in [0.2, 0.25) is 10.0 Å². The normalized spacial score (nSPS) is 12.7. The highest BCUT2D eigenvalue weighted by Crippen LogP contribution is 2.47. The predicted molar refractivity (Wildman–Crippen MR) is 153 cm³/mol. The van der Waals surface area contributed by atoms with E-state index in [1.807, 2.05) is 54.6 Å². The van der Waals surface area contributed by atoms with E-state index in [1.165, 1.54) is 0 Å². The summed E-state index contributed by atoms with van der Waals surface area (Å²) in [5, 5.41) is 12.7. The van der Waals surface area contributed by atoms with Gasteiger partial charge >= 0.3 is 0 Å². The van der Waals surface area contributed by atoms with Crippen LogP contribution in [0.1, 0.15) is 0 Å². The number of benzene rings is 8. The average molecular weight is 554 g/mol. The van der Waals surface area contributed by atoms with Gasteiger partial charge in [-0.05, 0) is 74.8 Å². The van der Waals surface area contributed by atoms with Gasteiger partial charge in [-0.1, -0.05) is 63.4 Å². The van der Waals surface area contributed by atoms with Crippen LogP contribution in [-0.2, 0) is 0 Å². The van der Waals surface area contributed by atoms with Gasteiger partial charge in [0.15, 0.2) is 10.9 Å². The van der Waals surface area contributed by atoms with Crippen molar-refractivity contribution in [3.05, 3.63) is 102 Å². The molecule has 0 unspecified atom stereocenters. The van der Waals surface area contributed by atoms with E-state index < -0.39 is 0 Å². The highest BCUT2D eigenvalue weighted by molar-refractivity contribution is 9.10. The molecule has 8 rings (SSSR count). The molecule has 0 spiro atoms. The Balaban J connectivity index is 1.80. The Bertz CT molecular complexity index is 2340. The van der Waals surface area contributed by atoms with E-state index in [-0.39, 0.29) is 10.9 Å². The zero-order valence-electron chi connectivity index (χ0n) is 17.8. The van der Waals surface area contributed by atoms with Gasteiger partial charge in [0.1, 0.15) is 0 Å². The largest absolute Gasteiger partial charge is 0.289 e. The lowest BCUT2D eigenvalue weighted by Crippen LogP contribution is -2.06. The van der Waals surface area contributed by atoms with Gasteiger partial charge in [-0.25, -0.2) is 0 Å². The Morgan fingerprint density at radius 3 is 1.74 bits per heavy atom. The Morgan fingerprint density at radius 1 is 0.486 bits per heavy atom. The van der Waals surface area contributed by atoms with Crippen molar-refractivity contribution in [2.75, 3.05) is 0 Å². The van der Waals surface area contributed by atoms with Crippen LogP contribution < -0.4 is 10.9 Å². The van der Waals surface area contributed by atoms with Gasteiger partial charge in [0, 0.05) is 57.6 Å². The summed E-state index contributed by atoms with van der Waals surface area (Å²) in [6, 6.07) is 21.1. The first-order valence-electron chi connectivity index (χ1n) is 11.1. The van der Waals surface area contributed by atoms with E-state index in [0.717, 1.165) is 58.3 Å². The quantitative estimate of drug-likeness (QED) is 0.139. The van der Waals surface area contributed by atoms with Gasteiger partial charge in [-0.15, -0.1) is 0 Å². The van der Waals surface area contributed by atoms with Crippen LogP contribution in [0.15, 0.2) is 80.8 Å². The third kappa shape index (κ3) is 2.27. The Kier molecular flexibility index (Phi) is 3.71. The second kappa shape index (κ2) is 6.50. The molecule has 0 aromatic heterocycles. The molecule has 0 aliphatic heterocycles. The molecule has 2 nitrogen and oxygen atoms in total. The zero-order valence-corrected chi connectivity index (χ0v) is 20.9. The summed E-state index contributed by atoms with van der Waals surface area (Å²) in [6.45, 7) is 0. The summed E-state index contributed by atoms with van der Waals surface area (Å²) >= 11 is 16.9. The number of halogens is 3. The molecule has 0 saturated heterocycles. The number of rotatable bonds is 0. The summed E-state index contributed by atoms with van der Waals surface area (Å²) in [4.78, 5) is 27.2. The minimum Gasteiger partial charge on any atom is -0.289 e. The molecule has 164 valence electrons. The molecule has 0 atom stereocenters. The van der Waals surface area contributed by atoms with Gasteiger partial charge in [-0.2, -0.15) is 0 Å². The highest BCUT2D eigenvalue weighted by atomic mass is 79.9. The maximum Gasteiger partial charge on any atom is 0.195 e. The minimum absolute atomic E-state index is 0.0335. The van der Waals surface area contributed by atoms with Gasteiger partial charge in [0.2, 0.25) is 0 Å². The van der Waals surface area contributed by atoms with Gasteiger partial charge in [0.25, 0.3) is 0 Å². The van der Waals surface area contributed by atoms with E-state index in [2.05, 4.69) is 28.1 Å². The number of hydrogen-bond acceptors (Lipinski definition) is 2.